The summed E-state index contributed by atoms with van der Waals surface area (Å²) in [6.45, 7) is 0.451. The molecule has 0 fully saturated rings. The first-order chi connectivity index (χ1) is 10.00. The zero-order valence-electron chi connectivity index (χ0n) is 10.7. The minimum Gasteiger partial charge on any atom is -0.489 e. The predicted molar refractivity (Wildman–Crippen MR) is 77.7 cm³/mol. The lowest BCUT2D eigenvalue weighted by Crippen LogP contribution is -2.37. The molecule has 1 aromatic carbocycles. The van der Waals surface area contributed by atoms with Crippen molar-refractivity contribution in [3.8, 4) is 5.75 Å². The van der Waals surface area contributed by atoms with E-state index in [1.54, 1.807) is 24.3 Å². The fraction of sp³-hybridized carbons (Fsp3) is 0.154. The minimum atomic E-state index is -3.78. The van der Waals surface area contributed by atoms with E-state index in [-0.39, 0.29) is 22.2 Å². The first-order valence-corrected chi connectivity index (χ1v) is 8.33. The molecule has 21 heavy (non-hydrogen) atoms. The number of thiophene rings is 1. The van der Waals surface area contributed by atoms with Gasteiger partial charge in [-0.05, 0) is 24.3 Å². The van der Waals surface area contributed by atoms with Crippen molar-refractivity contribution in [3.05, 3.63) is 41.3 Å². The minimum absolute atomic E-state index is 0.00452. The summed E-state index contributed by atoms with van der Waals surface area (Å²) in [5.74, 6) is -0.633. The summed E-state index contributed by atoms with van der Waals surface area (Å²) in [4.78, 5) is 10.9. The van der Waals surface area contributed by atoms with Crippen LogP contribution in [0.5, 0.6) is 5.75 Å². The van der Waals surface area contributed by atoms with Crippen molar-refractivity contribution in [2.75, 3.05) is 17.5 Å². The van der Waals surface area contributed by atoms with Gasteiger partial charge in [0, 0.05) is 0 Å². The fourth-order valence-electron chi connectivity index (χ4n) is 2.08. The number of sulfonamides is 1. The number of anilines is 1. The van der Waals surface area contributed by atoms with Gasteiger partial charge in [0.05, 0.1) is 12.2 Å². The Labute approximate surface area is 125 Å². The third kappa shape index (κ3) is 2.36. The van der Waals surface area contributed by atoms with E-state index in [0.29, 0.717) is 11.4 Å². The number of carbonyl (C=O) groups is 1. The second-order valence-electron chi connectivity index (χ2n) is 4.32. The molecule has 6 nitrogen and oxygen atoms in total. The Morgan fingerprint density at radius 1 is 1.24 bits per heavy atom. The molecular weight excluding hydrogens is 314 g/mol. The highest BCUT2D eigenvalue weighted by atomic mass is 32.2. The van der Waals surface area contributed by atoms with E-state index in [1.165, 1.54) is 16.4 Å². The lowest BCUT2D eigenvalue weighted by Gasteiger charge is -2.29. The van der Waals surface area contributed by atoms with Crippen LogP contribution >= 0.6 is 11.3 Å². The molecule has 8 heteroatoms. The van der Waals surface area contributed by atoms with Gasteiger partial charge >= 0.3 is 5.97 Å². The van der Waals surface area contributed by atoms with Crippen molar-refractivity contribution < 1.29 is 23.1 Å². The molecule has 2 heterocycles. The molecule has 0 atom stereocenters. The Morgan fingerprint density at radius 3 is 2.71 bits per heavy atom. The van der Waals surface area contributed by atoms with Crippen LogP contribution in [-0.4, -0.2) is 32.6 Å². The maximum Gasteiger partial charge on any atom is 0.345 e. The topological polar surface area (TPSA) is 83.9 Å². The highest BCUT2D eigenvalue weighted by Crippen LogP contribution is 2.36. The fourth-order valence-corrected chi connectivity index (χ4v) is 4.79. The van der Waals surface area contributed by atoms with E-state index in [9.17, 15) is 13.2 Å². The number of para-hydroxylation sites is 2. The second kappa shape index (κ2) is 5.05. The summed E-state index contributed by atoms with van der Waals surface area (Å²) in [5, 5.41) is 8.91. The van der Waals surface area contributed by atoms with Gasteiger partial charge in [-0.1, -0.05) is 12.1 Å². The van der Waals surface area contributed by atoms with Gasteiger partial charge in [-0.2, -0.15) is 0 Å². The van der Waals surface area contributed by atoms with Gasteiger partial charge in [0.25, 0.3) is 10.0 Å². The first kappa shape index (κ1) is 13.9. The highest BCUT2D eigenvalue weighted by Gasteiger charge is 2.31. The molecule has 0 bridgehead atoms. The van der Waals surface area contributed by atoms with E-state index in [1.807, 2.05) is 0 Å². The van der Waals surface area contributed by atoms with Crippen LogP contribution in [0.2, 0.25) is 0 Å². The van der Waals surface area contributed by atoms with Crippen LogP contribution in [0.15, 0.2) is 40.6 Å². The number of nitrogens with zero attached hydrogens (tertiary/aromatic N) is 1. The molecule has 2 aromatic rings. The van der Waals surface area contributed by atoms with Crippen LogP contribution < -0.4 is 9.04 Å². The Kier molecular flexibility index (Phi) is 3.34. The molecule has 0 amide bonds. The lowest BCUT2D eigenvalue weighted by molar-refractivity contribution is 0.0702. The Morgan fingerprint density at radius 2 is 2.00 bits per heavy atom. The molecule has 1 N–H and O–H groups in total. The largest absolute Gasteiger partial charge is 0.489 e. The molecule has 1 aromatic heterocycles. The first-order valence-electron chi connectivity index (χ1n) is 6.08. The van der Waals surface area contributed by atoms with Crippen molar-refractivity contribution in [3.63, 3.8) is 0 Å². The van der Waals surface area contributed by atoms with E-state index in [2.05, 4.69) is 0 Å². The molecule has 110 valence electrons. The van der Waals surface area contributed by atoms with Gasteiger partial charge in [0.15, 0.2) is 0 Å². The van der Waals surface area contributed by atoms with E-state index in [4.69, 9.17) is 9.84 Å². The number of benzene rings is 1. The Hall–Kier alpha value is -2.06. The van der Waals surface area contributed by atoms with Gasteiger partial charge in [-0.3, -0.25) is 4.31 Å². The van der Waals surface area contributed by atoms with Crippen LogP contribution in [0.4, 0.5) is 5.69 Å². The van der Waals surface area contributed by atoms with Crippen molar-refractivity contribution in [1.29, 1.82) is 0 Å². The van der Waals surface area contributed by atoms with Gasteiger partial charge in [-0.25, -0.2) is 13.2 Å². The summed E-state index contributed by atoms with van der Waals surface area (Å²) in [7, 11) is -3.78. The molecule has 0 aliphatic carbocycles. The summed E-state index contributed by atoms with van der Waals surface area (Å²) in [5.41, 5.74) is 0.467. The molecular formula is C13H11NO5S2. The van der Waals surface area contributed by atoms with E-state index >= 15 is 0 Å². The van der Waals surface area contributed by atoms with Crippen LogP contribution in [0.1, 0.15) is 9.67 Å². The lowest BCUT2D eigenvalue weighted by atomic mass is 10.2. The van der Waals surface area contributed by atoms with E-state index < -0.39 is 16.0 Å². The third-order valence-electron chi connectivity index (χ3n) is 3.02. The predicted octanol–water partition coefficient (Wildman–Crippen LogP) is 2.03. The second-order valence-corrected chi connectivity index (χ2v) is 7.49. The number of aromatic carboxylic acids is 1. The number of rotatable bonds is 3. The van der Waals surface area contributed by atoms with Gasteiger partial charge in [0.2, 0.25) is 0 Å². The smallest absolute Gasteiger partial charge is 0.345 e. The molecule has 0 saturated carbocycles. The van der Waals surface area contributed by atoms with E-state index in [0.717, 1.165) is 11.3 Å². The van der Waals surface area contributed by atoms with Crippen molar-refractivity contribution in [1.82, 2.24) is 0 Å². The molecule has 0 radical (unpaired) electrons. The molecule has 0 unspecified atom stereocenters. The summed E-state index contributed by atoms with van der Waals surface area (Å²) in [6, 6.07) is 9.48. The maximum atomic E-state index is 12.7. The average Bonchev–Trinajstić information content (AvgIpc) is 2.97. The molecule has 0 saturated heterocycles. The third-order valence-corrected chi connectivity index (χ3v) is 6.38. The van der Waals surface area contributed by atoms with Crippen molar-refractivity contribution in [2.45, 2.75) is 4.21 Å². The van der Waals surface area contributed by atoms with Crippen molar-refractivity contribution >= 4 is 33.0 Å². The molecule has 3 rings (SSSR count). The summed E-state index contributed by atoms with van der Waals surface area (Å²) in [6.07, 6.45) is 0. The number of fused-ring (bicyclic) bond motifs is 1. The molecule has 1 aliphatic rings. The maximum absolute atomic E-state index is 12.7. The number of carboxylic acid groups (broad SMARTS) is 1. The van der Waals surface area contributed by atoms with Crippen LogP contribution in [-0.2, 0) is 10.0 Å². The number of hydrogen-bond acceptors (Lipinski definition) is 5. The SMILES string of the molecule is O=C(O)c1ccc(S(=O)(=O)N2CCOc3ccccc32)s1. The summed E-state index contributed by atoms with van der Waals surface area (Å²) >= 11 is 0.746. The molecule has 0 spiro atoms. The normalized spacial score (nSPS) is 14.4. The zero-order valence-corrected chi connectivity index (χ0v) is 12.4. The average molecular weight is 325 g/mol. The van der Waals surface area contributed by atoms with Crippen molar-refractivity contribution in [2.24, 2.45) is 0 Å². The summed E-state index contributed by atoms with van der Waals surface area (Å²) < 4.78 is 32.0. The van der Waals surface area contributed by atoms with Crippen LogP contribution in [0.25, 0.3) is 0 Å². The molecule has 1 aliphatic heterocycles. The quantitative estimate of drug-likeness (QED) is 0.933. The van der Waals surface area contributed by atoms with Crippen LogP contribution in [0, 0.1) is 0 Å². The number of ether oxygens (including phenoxy) is 1. The Bertz CT molecular complexity index is 796. The van der Waals surface area contributed by atoms with Gasteiger partial charge < -0.3 is 9.84 Å². The standard InChI is InChI=1S/C13H11NO5S2/c15-13(16)11-5-6-12(20-11)21(17,18)14-7-8-19-10-4-2-1-3-9(10)14/h1-6H,7-8H2,(H,15,16). The van der Waals surface area contributed by atoms with Gasteiger partial charge in [-0.15, -0.1) is 11.3 Å². The Balaban J connectivity index is 2.05. The number of hydrogen-bond donors (Lipinski definition) is 1. The van der Waals surface area contributed by atoms with Gasteiger partial charge in [0.1, 0.15) is 21.4 Å². The zero-order chi connectivity index (χ0) is 15.0. The van der Waals surface area contributed by atoms with Crippen LogP contribution in [0.3, 0.4) is 0 Å². The highest BCUT2D eigenvalue weighted by molar-refractivity contribution is 7.94. The monoisotopic (exact) mass is 325 g/mol. The number of carboxylic acids is 1.